The first-order chi connectivity index (χ1) is 10.9. The number of hydrogen-bond donors (Lipinski definition) is 0. The maximum atomic E-state index is 12.6. The molecular formula is C16H23BrN2O3S. The Morgan fingerprint density at radius 2 is 1.70 bits per heavy atom. The number of amides is 1. The number of benzene rings is 1. The standard InChI is InChI=1S/C16H23BrN2O3S/c1-3-18(4-2)16(20)13-9-11-19(12-10-13)23(21,22)15-7-5-14(17)6-8-15/h5-8,13H,3-4,9-12H2,1-2H3. The summed E-state index contributed by atoms with van der Waals surface area (Å²) in [6, 6.07) is 6.66. The van der Waals surface area contributed by atoms with E-state index in [-0.39, 0.29) is 11.8 Å². The van der Waals surface area contributed by atoms with Gasteiger partial charge in [0.05, 0.1) is 4.90 Å². The van der Waals surface area contributed by atoms with Crippen LogP contribution in [0.25, 0.3) is 0 Å². The lowest BCUT2D eigenvalue weighted by Crippen LogP contribution is -2.44. The molecule has 0 radical (unpaired) electrons. The zero-order valence-corrected chi connectivity index (χ0v) is 15.9. The van der Waals surface area contributed by atoms with Crippen molar-refractivity contribution in [3.8, 4) is 0 Å². The van der Waals surface area contributed by atoms with Crippen LogP contribution >= 0.6 is 15.9 Å². The summed E-state index contributed by atoms with van der Waals surface area (Å²) in [5, 5.41) is 0. The Morgan fingerprint density at radius 3 is 2.17 bits per heavy atom. The van der Waals surface area contributed by atoms with E-state index in [0.29, 0.717) is 43.9 Å². The van der Waals surface area contributed by atoms with E-state index in [2.05, 4.69) is 15.9 Å². The van der Waals surface area contributed by atoms with Crippen molar-refractivity contribution in [2.45, 2.75) is 31.6 Å². The first-order valence-corrected chi connectivity index (χ1v) is 10.2. The predicted molar refractivity (Wildman–Crippen MR) is 93.6 cm³/mol. The lowest BCUT2D eigenvalue weighted by molar-refractivity contribution is -0.136. The molecule has 0 atom stereocenters. The third-order valence-corrected chi connectivity index (χ3v) is 6.77. The minimum Gasteiger partial charge on any atom is -0.343 e. The van der Waals surface area contributed by atoms with Crippen LogP contribution in [0.2, 0.25) is 0 Å². The molecule has 128 valence electrons. The first kappa shape index (κ1) is 18.4. The lowest BCUT2D eigenvalue weighted by Gasteiger charge is -2.33. The van der Waals surface area contributed by atoms with Gasteiger partial charge in [-0.15, -0.1) is 0 Å². The van der Waals surface area contributed by atoms with Crippen molar-refractivity contribution in [2.24, 2.45) is 5.92 Å². The van der Waals surface area contributed by atoms with E-state index in [1.807, 2.05) is 18.7 Å². The molecule has 7 heteroatoms. The Hall–Kier alpha value is -0.920. The van der Waals surface area contributed by atoms with Crippen LogP contribution in [0, 0.1) is 5.92 Å². The van der Waals surface area contributed by atoms with Gasteiger partial charge in [-0.2, -0.15) is 4.31 Å². The van der Waals surface area contributed by atoms with Gasteiger partial charge < -0.3 is 4.90 Å². The molecule has 0 N–H and O–H groups in total. The summed E-state index contributed by atoms with van der Waals surface area (Å²) >= 11 is 3.31. The number of piperidine rings is 1. The van der Waals surface area contributed by atoms with Crippen LogP contribution in [0.3, 0.4) is 0 Å². The normalized spacial score (nSPS) is 17.2. The molecule has 0 aromatic heterocycles. The summed E-state index contributed by atoms with van der Waals surface area (Å²) in [6.45, 7) is 6.13. The number of sulfonamides is 1. The van der Waals surface area contributed by atoms with Gasteiger partial charge >= 0.3 is 0 Å². The topological polar surface area (TPSA) is 57.7 Å². The van der Waals surface area contributed by atoms with E-state index in [1.165, 1.54) is 4.31 Å². The maximum Gasteiger partial charge on any atom is 0.243 e. The monoisotopic (exact) mass is 402 g/mol. The molecule has 0 saturated carbocycles. The van der Waals surface area contributed by atoms with Gasteiger partial charge in [0.15, 0.2) is 0 Å². The van der Waals surface area contributed by atoms with Crippen LogP contribution in [0.5, 0.6) is 0 Å². The van der Waals surface area contributed by atoms with Crippen molar-refractivity contribution in [1.82, 2.24) is 9.21 Å². The Bertz CT molecular complexity index is 634. The van der Waals surface area contributed by atoms with Crippen LogP contribution in [-0.4, -0.2) is 49.7 Å². The molecule has 2 rings (SSSR count). The molecule has 23 heavy (non-hydrogen) atoms. The molecule has 1 aliphatic heterocycles. The van der Waals surface area contributed by atoms with Gasteiger partial charge in [-0.3, -0.25) is 4.79 Å². The summed E-state index contributed by atoms with van der Waals surface area (Å²) in [5.41, 5.74) is 0. The second kappa shape index (κ2) is 7.77. The average Bonchev–Trinajstić information content (AvgIpc) is 2.56. The molecule has 1 heterocycles. The van der Waals surface area contributed by atoms with Gasteiger partial charge in [-0.1, -0.05) is 15.9 Å². The van der Waals surface area contributed by atoms with Crippen molar-refractivity contribution in [1.29, 1.82) is 0 Å². The van der Waals surface area contributed by atoms with Crippen LogP contribution < -0.4 is 0 Å². The van der Waals surface area contributed by atoms with Crippen LogP contribution in [0.4, 0.5) is 0 Å². The Balaban J connectivity index is 2.03. The van der Waals surface area contributed by atoms with Crippen molar-refractivity contribution in [3.63, 3.8) is 0 Å². The van der Waals surface area contributed by atoms with E-state index in [4.69, 9.17) is 0 Å². The highest BCUT2D eigenvalue weighted by Crippen LogP contribution is 2.25. The number of carbonyl (C=O) groups is 1. The largest absolute Gasteiger partial charge is 0.343 e. The van der Waals surface area contributed by atoms with Gasteiger partial charge in [0, 0.05) is 36.6 Å². The second-order valence-electron chi connectivity index (χ2n) is 5.64. The van der Waals surface area contributed by atoms with Crippen LogP contribution in [-0.2, 0) is 14.8 Å². The minimum atomic E-state index is -3.47. The lowest BCUT2D eigenvalue weighted by atomic mass is 9.96. The van der Waals surface area contributed by atoms with E-state index >= 15 is 0 Å². The summed E-state index contributed by atoms with van der Waals surface area (Å²) in [6.07, 6.45) is 1.18. The number of carbonyl (C=O) groups excluding carboxylic acids is 1. The van der Waals surface area contributed by atoms with Crippen molar-refractivity contribution < 1.29 is 13.2 Å². The minimum absolute atomic E-state index is 0.0636. The molecule has 1 amide bonds. The zero-order chi connectivity index (χ0) is 17.0. The Morgan fingerprint density at radius 1 is 1.17 bits per heavy atom. The number of nitrogens with zero attached hydrogens (tertiary/aromatic N) is 2. The van der Waals surface area contributed by atoms with Crippen molar-refractivity contribution in [3.05, 3.63) is 28.7 Å². The highest BCUT2D eigenvalue weighted by Gasteiger charge is 2.33. The summed E-state index contributed by atoms with van der Waals surface area (Å²) in [4.78, 5) is 14.5. The van der Waals surface area contributed by atoms with E-state index in [0.717, 1.165) is 4.47 Å². The molecule has 5 nitrogen and oxygen atoms in total. The van der Waals surface area contributed by atoms with E-state index in [9.17, 15) is 13.2 Å². The summed E-state index contributed by atoms with van der Waals surface area (Å²) in [7, 11) is -3.47. The van der Waals surface area contributed by atoms with E-state index < -0.39 is 10.0 Å². The SMILES string of the molecule is CCN(CC)C(=O)C1CCN(S(=O)(=O)c2ccc(Br)cc2)CC1. The Labute approximate surface area is 146 Å². The molecule has 0 unspecified atom stereocenters. The Kier molecular flexibility index (Phi) is 6.22. The van der Waals surface area contributed by atoms with Crippen molar-refractivity contribution in [2.75, 3.05) is 26.2 Å². The van der Waals surface area contributed by atoms with Gasteiger partial charge in [0.1, 0.15) is 0 Å². The van der Waals surface area contributed by atoms with E-state index in [1.54, 1.807) is 24.3 Å². The third-order valence-electron chi connectivity index (χ3n) is 4.33. The fraction of sp³-hybridized carbons (Fsp3) is 0.562. The van der Waals surface area contributed by atoms with Gasteiger partial charge in [-0.05, 0) is 51.0 Å². The van der Waals surface area contributed by atoms with Crippen molar-refractivity contribution >= 4 is 31.9 Å². The molecular weight excluding hydrogens is 380 g/mol. The highest BCUT2D eigenvalue weighted by molar-refractivity contribution is 9.10. The van der Waals surface area contributed by atoms with Crippen LogP contribution in [0.1, 0.15) is 26.7 Å². The van der Waals surface area contributed by atoms with Crippen LogP contribution in [0.15, 0.2) is 33.6 Å². The summed E-state index contributed by atoms with van der Waals surface area (Å²) in [5.74, 6) is 0.0851. The molecule has 0 bridgehead atoms. The molecule has 1 aromatic rings. The molecule has 0 spiro atoms. The average molecular weight is 403 g/mol. The smallest absolute Gasteiger partial charge is 0.243 e. The predicted octanol–water partition coefficient (Wildman–Crippen LogP) is 2.72. The van der Waals surface area contributed by atoms with Gasteiger partial charge in [0.2, 0.25) is 15.9 Å². The number of hydrogen-bond acceptors (Lipinski definition) is 3. The number of rotatable bonds is 5. The highest BCUT2D eigenvalue weighted by atomic mass is 79.9. The number of halogens is 1. The third kappa shape index (κ3) is 4.14. The fourth-order valence-electron chi connectivity index (χ4n) is 2.89. The molecule has 1 aliphatic rings. The molecule has 0 aliphatic carbocycles. The first-order valence-electron chi connectivity index (χ1n) is 7.94. The fourth-order valence-corrected chi connectivity index (χ4v) is 4.63. The second-order valence-corrected chi connectivity index (χ2v) is 8.50. The molecule has 1 saturated heterocycles. The quantitative estimate of drug-likeness (QED) is 0.760. The molecule has 1 aromatic carbocycles. The summed E-state index contributed by atoms with van der Waals surface area (Å²) < 4.78 is 27.6. The molecule has 1 fully saturated rings. The van der Waals surface area contributed by atoms with Gasteiger partial charge in [-0.25, -0.2) is 8.42 Å². The maximum absolute atomic E-state index is 12.6. The zero-order valence-electron chi connectivity index (χ0n) is 13.5. The van der Waals surface area contributed by atoms with Gasteiger partial charge in [0.25, 0.3) is 0 Å².